The molecule has 0 aliphatic heterocycles. The van der Waals surface area contributed by atoms with Crippen LogP contribution >= 0.6 is 0 Å². The van der Waals surface area contributed by atoms with Crippen LogP contribution in [0.5, 0.6) is 0 Å². The second-order valence-corrected chi connectivity index (χ2v) is 13.1. The van der Waals surface area contributed by atoms with Gasteiger partial charge < -0.3 is 30.6 Å². The van der Waals surface area contributed by atoms with Crippen LogP contribution in [0.25, 0.3) is 0 Å². The Labute approximate surface area is 208 Å². The minimum Gasteiger partial charge on any atom is -0.393 e. The Morgan fingerprint density at radius 2 is 1.74 bits per heavy atom. The van der Waals surface area contributed by atoms with Crippen LogP contribution in [-0.2, 0) is 4.79 Å². The first-order chi connectivity index (χ1) is 15.9. The van der Waals surface area contributed by atoms with Crippen LogP contribution in [0.3, 0.4) is 0 Å². The van der Waals surface area contributed by atoms with E-state index in [-0.39, 0.29) is 24.5 Å². The maximum Gasteiger partial charge on any atom is 0.159 e. The highest BCUT2D eigenvalue weighted by molar-refractivity contribution is 5.95. The molecule has 0 unspecified atom stereocenters. The van der Waals surface area contributed by atoms with Crippen LogP contribution in [0.1, 0.15) is 79.6 Å². The van der Waals surface area contributed by atoms with E-state index in [1.807, 2.05) is 13.8 Å². The van der Waals surface area contributed by atoms with Gasteiger partial charge in [-0.2, -0.15) is 0 Å². The van der Waals surface area contributed by atoms with Crippen molar-refractivity contribution in [3.8, 4) is 0 Å². The summed E-state index contributed by atoms with van der Waals surface area (Å²) in [4.78, 5) is 13.3. The maximum atomic E-state index is 13.3. The molecule has 6 N–H and O–H groups in total. The van der Waals surface area contributed by atoms with Crippen LogP contribution in [-0.4, -0.2) is 71.5 Å². The van der Waals surface area contributed by atoms with Crippen molar-refractivity contribution in [3.63, 3.8) is 0 Å². The van der Waals surface area contributed by atoms with Gasteiger partial charge >= 0.3 is 0 Å². The Bertz CT molecular complexity index is 932. The summed E-state index contributed by atoms with van der Waals surface area (Å²) in [5.41, 5.74) is -4.60. The highest BCUT2D eigenvalue weighted by Gasteiger charge is 2.69. The molecule has 7 heteroatoms. The minimum atomic E-state index is -1.56. The molecule has 4 rings (SSSR count). The lowest BCUT2D eigenvalue weighted by Crippen LogP contribution is -2.64. The first-order valence-corrected chi connectivity index (χ1v) is 13.1. The van der Waals surface area contributed by atoms with Crippen LogP contribution < -0.4 is 0 Å². The fraction of sp³-hybridized carbons (Fsp3) is 0.821. The fourth-order valence-corrected chi connectivity index (χ4v) is 8.23. The zero-order chi connectivity index (χ0) is 26.4. The lowest BCUT2D eigenvalue weighted by Gasteiger charge is -2.61. The first kappa shape index (κ1) is 27.0. The average molecular weight is 493 g/mol. The van der Waals surface area contributed by atoms with E-state index in [1.54, 1.807) is 26.8 Å². The fourth-order valence-electron chi connectivity index (χ4n) is 8.23. The van der Waals surface area contributed by atoms with Gasteiger partial charge in [-0.3, -0.25) is 4.79 Å². The van der Waals surface area contributed by atoms with Gasteiger partial charge in [0, 0.05) is 16.7 Å². The number of ketones is 1. The van der Waals surface area contributed by atoms with Gasteiger partial charge in [0.05, 0.1) is 35.1 Å². The number of rotatable bonds is 5. The number of aliphatic hydroxyl groups is 6. The summed E-state index contributed by atoms with van der Waals surface area (Å²) >= 11 is 0. The molecule has 7 nitrogen and oxygen atoms in total. The summed E-state index contributed by atoms with van der Waals surface area (Å²) < 4.78 is 0. The second-order valence-electron chi connectivity index (χ2n) is 13.1. The van der Waals surface area contributed by atoms with Gasteiger partial charge in [0.2, 0.25) is 0 Å². The molecule has 0 aromatic carbocycles. The Balaban J connectivity index is 1.69. The monoisotopic (exact) mass is 492 g/mol. The Morgan fingerprint density at radius 1 is 1.11 bits per heavy atom. The number of hydrogen-bond donors (Lipinski definition) is 6. The van der Waals surface area contributed by atoms with E-state index in [9.17, 15) is 35.4 Å². The summed E-state index contributed by atoms with van der Waals surface area (Å²) in [5.74, 6) is -1.30. The predicted molar refractivity (Wildman–Crippen MR) is 131 cm³/mol. The Morgan fingerprint density at radius 3 is 2.34 bits per heavy atom. The second kappa shape index (κ2) is 8.20. The van der Waals surface area contributed by atoms with Crippen molar-refractivity contribution in [1.29, 1.82) is 0 Å². The van der Waals surface area contributed by atoms with Gasteiger partial charge in [-0.15, -0.1) is 0 Å². The number of carbonyl (C=O) groups excluding carboxylic acids is 1. The van der Waals surface area contributed by atoms with E-state index in [4.69, 9.17) is 0 Å². The van der Waals surface area contributed by atoms with Gasteiger partial charge in [0.15, 0.2) is 5.78 Å². The summed E-state index contributed by atoms with van der Waals surface area (Å²) in [7, 11) is 0. The molecule has 0 amide bonds. The topological polar surface area (TPSA) is 138 Å². The average Bonchev–Trinajstić information content (AvgIpc) is 3.02. The standard InChI is InChI=1S/C28H44O7/c1-15(24(2,3)33)11-23(32)27(6,34)21-8-10-28(35)18-14-20(30)19-12-16(29)13-22(31)26(19,5)17(18)7-9-25(21,28)4/h14,16-17,19,21-23,29,31-35H,1,7-13H2,2-6H3/t16-,17+,19+,21+,22-,23+,25-,26-,27-,28-/m1/s1. The normalized spacial score (nSPS) is 46.1. The van der Waals surface area contributed by atoms with E-state index < -0.39 is 57.8 Å². The molecule has 0 spiro atoms. The summed E-state index contributed by atoms with van der Waals surface area (Å²) in [6.07, 6.45) is 1.38. The van der Waals surface area contributed by atoms with E-state index in [0.29, 0.717) is 43.3 Å². The van der Waals surface area contributed by atoms with Gasteiger partial charge in [-0.1, -0.05) is 20.4 Å². The molecule has 0 saturated heterocycles. The van der Waals surface area contributed by atoms with Crippen molar-refractivity contribution in [3.05, 3.63) is 23.8 Å². The third-order valence-electron chi connectivity index (χ3n) is 10.9. The minimum absolute atomic E-state index is 0.0274. The molecule has 3 saturated carbocycles. The predicted octanol–water partition coefficient (Wildman–Crippen LogP) is 2.02. The molecule has 0 aromatic rings. The Kier molecular flexibility index (Phi) is 6.32. The SMILES string of the molecule is C=C(C[C@H](O)[C@](C)(O)[C@H]1CC[C@@]2(O)C3=CC(=O)[C@@H]4C[C@@H](O)C[C@@H](O)[C@]4(C)[C@H]3CC[C@]12C)C(C)(C)O. The lowest BCUT2D eigenvalue weighted by molar-refractivity contribution is -0.181. The molecule has 3 fully saturated rings. The van der Waals surface area contributed by atoms with Crippen molar-refractivity contribution < 1.29 is 35.4 Å². The summed E-state index contributed by atoms with van der Waals surface area (Å²) in [6, 6.07) is 0. The molecular weight excluding hydrogens is 448 g/mol. The summed E-state index contributed by atoms with van der Waals surface area (Å²) in [6.45, 7) is 12.5. The van der Waals surface area contributed by atoms with Gasteiger partial charge in [-0.05, 0) is 94.8 Å². The molecule has 0 radical (unpaired) electrons. The lowest BCUT2D eigenvalue weighted by atomic mass is 9.45. The van der Waals surface area contributed by atoms with Crippen LogP contribution in [0, 0.1) is 28.6 Å². The molecular formula is C28H44O7. The van der Waals surface area contributed by atoms with Crippen LogP contribution in [0.2, 0.25) is 0 Å². The van der Waals surface area contributed by atoms with Crippen molar-refractivity contribution >= 4 is 5.78 Å². The highest BCUT2D eigenvalue weighted by atomic mass is 16.3. The van der Waals surface area contributed by atoms with Crippen molar-refractivity contribution in [1.82, 2.24) is 0 Å². The van der Waals surface area contributed by atoms with Gasteiger partial charge in [-0.25, -0.2) is 0 Å². The van der Waals surface area contributed by atoms with Crippen LogP contribution in [0.15, 0.2) is 23.8 Å². The van der Waals surface area contributed by atoms with Crippen LogP contribution in [0.4, 0.5) is 0 Å². The largest absolute Gasteiger partial charge is 0.393 e. The Hall–Kier alpha value is -1.09. The highest BCUT2D eigenvalue weighted by Crippen LogP contribution is 2.68. The number of hydrogen-bond acceptors (Lipinski definition) is 7. The summed E-state index contributed by atoms with van der Waals surface area (Å²) in [5, 5.41) is 66.5. The maximum absolute atomic E-state index is 13.3. The first-order valence-electron chi connectivity index (χ1n) is 13.1. The number of fused-ring (bicyclic) bond motifs is 5. The smallest absolute Gasteiger partial charge is 0.159 e. The quantitative estimate of drug-likeness (QED) is 0.323. The molecule has 35 heavy (non-hydrogen) atoms. The van der Waals surface area contributed by atoms with Crippen molar-refractivity contribution in [2.75, 3.05) is 0 Å². The molecule has 198 valence electrons. The molecule has 0 bridgehead atoms. The van der Waals surface area contributed by atoms with E-state index in [1.165, 1.54) is 0 Å². The van der Waals surface area contributed by atoms with Crippen molar-refractivity contribution in [2.24, 2.45) is 28.6 Å². The number of carbonyl (C=O) groups is 1. The van der Waals surface area contributed by atoms with E-state index in [2.05, 4.69) is 6.58 Å². The number of aliphatic hydroxyl groups excluding tert-OH is 3. The van der Waals surface area contributed by atoms with E-state index >= 15 is 0 Å². The molecule has 4 aliphatic carbocycles. The molecule has 0 aromatic heterocycles. The molecule has 10 atom stereocenters. The zero-order valence-corrected chi connectivity index (χ0v) is 21.8. The third-order valence-corrected chi connectivity index (χ3v) is 10.9. The zero-order valence-electron chi connectivity index (χ0n) is 21.8. The van der Waals surface area contributed by atoms with E-state index in [0.717, 1.165) is 0 Å². The third kappa shape index (κ3) is 3.72. The molecule has 0 heterocycles. The van der Waals surface area contributed by atoms with Gasteiger partial charge in [0.1, 0.15) is 0 Å². The van der Waals surface area contributed by atoms with Crippen molar-refractivity contribution in [2.45, 2.75) is 115 Å². The molecule has 4 aliphatic rings. The number of allylic oxidation sites excluding steroid dienone is 1. The van der Waals surface area contributed by atoms with Gasteiger partial charge in [0.25, 0.3) is 0 Å².